The molecule has 0 spiro atoms. The van der Waals surface area contributed by atoms with Crippen LogP contribution in [0.25, 0.3) is 21.9 Å². The van der Waals surface area contributed by atoms with Crippen molar-refractivity contribution in [3.63, 3.8) is 0 Å². The van der Waals surface area contributed by atoms with Crippen molar-refractivity contribution in [2.24, 2.45) is 0 Å². The molecule has 3 heteroatoms. The molecule has 0 aliphatic heterocycles. The summed E-state index contributed by atoms with van der Waals surface area (Å²) in [5.74, 6) is -0.372. The van der Waals surface area contributed by atoms with Gasteiger partial charge in [0.15, 0.2) is 0 Å². The zero-order valence-corrected chi connectivity index (χ0v) is 14.4. The highest BCUT2D eigenvalue weighted by Gasteiger charge is 2.19. The van der Waals surface area contributed by atoms with Gasteiger partial charge < -0.3 is 0 Å². The maximum absolute atomic E-state index is 13.7. The first-order chi connectivity index (χ1) is 11.8. The summed E-state index contributed by atoms with van der Waals surface area (Å²) in [5.41, 5.74) is 2.90. The Morgan fingerprint density at radius 3 is 2.28 bits per heavy atom. The van der Waals surface area contributed by atoms with Gasteiger partial charge in [0.25, 0.3) is 0 Å². The Hall–Kier alpha value is -3.17. The summed E-state index contributed by atoms with van der Waals surface area (Å²) < 4.78 is 13.7. The van der Waals surface area contributed by atoms with Gasteiger partial charge >= 0.3 is 0 Å². The molecule has 0 saturated carbocycles. The lowest BCUT2D eigenvalue weighted by molar-refractivity contribution is 0.591. The van der Waals surface area contributed by atoms with Gasteiger partial charge in [0.1, 0.15) is 18.0 Å². The number of fused-ring (bicyclic) bond motifs is 1. The standard InChI is InChI=1S/C22H17FN2/c1-22(2,3)17-7-8-19-15(10-17)9-16(12-24)20(13-25)21(19)14-5-4-6-18(23)11-14/h4-11H,1-3H3. The molecule has 0 saturated heterocycles. The van der Waals surface area contributed by atoms with Crippen LogP contribution in [0.4, 0.5) is 4.39 Å². The Labute approximate surface area is 146 Å². The molecule has 0 aliphatic carbocycles. The second-order valence-corrected chi connectivity index (χ2v) is 7.09. The second-order valence-electron chi connectivity index (χ2n) is 7.09. The van der Waals surface area contributed by atoms with Crippen LogP contribution >= 0.6 is 0 Å². The second kappa shape index (κ2) is 6.04. The summed E-state index contributed by atoms with van der Waals surface area (Å²) in [7, 11) is 0. The SMILES string of the molecule is CC(C)(C)c1ccc2c(-c3cccc(F)c3)c(C#N)c(C#N)cc2c1. The molecule has 3 aromatic carbocycles. The fraction of sp³-hybridized carbons (Fsp3) is 0.182. The van der Waals surface area contributed by atoms with E-state index >= 15 is 0 Å². The van der Waals surface area contributed by atoms with Gasteiger partial charge in [0.2, 0.25) is 0 Å². The monoisotopic (exact) mass is 328 g/mol. The van der Waals surface area contributed by atoms with Crippen molar-refractivity contribution < 1.29 is 4.39 Å². The van der Waals surface area contributed by atoms with Gasteiger partial charge in [-0.05, 0) is 45.5 Å². The fourth-order valence-electron chi connectivity index (χ4n) is 3.02. The summed E-state index contributed by atoms with van der Waals surface area (Å²) in [5, 5.41) is 20.8. The Bertz CT molecular complexity index is 1060. The van der Waals surface area contributed by atoms with Gasteiger partial charge in [0, 0.05) is 5.56 Å². The van der Waals surface area contributed by atoms with E-state index in [1.807, 2.05) is 18.2 Å². The van der Waals surface area contributed by atoms with Crippen LogP contribution in [0.3, 0.4) is 0 Å². The predicted molar refractivity (Wildman–Crippen MR) is 97.5 cm³/mol. The van der Waals surface area contributed by atoms with Gasteiger partial charge in [-0.2, -0.15) is 10.5 Å². The van der Waals surface area contributed by atoms with Crippen LogP contribution in [0.1, 0.15) is 37.5 Å². The molecule has 0 aliphatic rings. The lowest BCUT2D eigenvalue weighted by Crippen LogP contribution is -2.10. The van der Waals surface area contributed by atoms with E-state index in [2.05, 4.69) is 32.9 Å². The average molecular weight is 328 g/mol. The summed E-state index contributed by atoms with van der Waals surface area (Å²) >= 11 is 0. The molecule has 0 amide bonds. The first-order valence-corrected chi connectivity index (χ1v) is 8.02. The molecule has 0 radical (unpaired) electrons. The lowest BCUT2D eigenvalue weighted by Gasteiger charge is -2.20. The molecule has 3 rings (SSSR count). The van der Waals surface area contributed by atoms with Gasteiger partial charge in [-0.25, -0.2) is 4.39 Å². The summed E-state index contributed by atoms with van der Waals surface area (Å²) in [6.07, 6.45) is 0. The minimum Gasteiger partial charge on any atom is -0.207 e. The first-order valence-electron chi connectivity index (χ1n) is 8.02. The van der Waals surface area contributed by atoms with E-state index < -0.39 is 0 Å². The maximum Gasteiger partial charge on any atom is 0.123 e. The zero-order valence-electron chi connectivity index (χ0n) is 14.4. The van der Waals surface area contributed by atoms with Crippen molar-refractivity contribution >= 4 is 10.8 Å². The molecule has 0 heterocycles. The Morgan fingerprint density at radius 2 is 1.68 bits per heavy atom. The third kappa shape index (κ3) is 2.97. The van der Waals surface area contributed by atoms with Crippen LogP contribution in [0.2, 0.25) is 0 Å². The van der Waals surface area contributed by atoms with E-state index in [0.717, 1.165) is 16.3 Å². The quantitative estimate of drug-likeness (QED) is 0.576. The Balaban J connectivity index is 2.45. The highest BCUT2D eigenvalue weighted by molar-refractivity contribution is 6.01. The first kappa shape index (κ1) is 16.7. The smallest absolute Gasteiger partial charge is 0.123 e. The number of hydrogen-bond acceptors (Lipinski definition) is 2. The summed E-state index contributed by atoms with van der Waals surface area (Å²) in [4.78, 5) is 0. The van der Waals surface area contributed by atoms with Crippen molar-refractivity contribution in [1.29, 1.82) is 10.5 Å². The third-order valence-electron chi connectivity index (χ3n) is 4.35. The molecule has 0 bridgehead atoms. The molecule has 25 heavy (non-hydrogen) atoms. The normalized spacial score (nSPS) is 11.1. The predicted octanol–water partition coefficient (Wildman–Crippen LogP) is 5.69. The topological polar surface area (TPSA) is 47.6 Å². The van der Waals surface area contributed by atoms with Crippen molar-refractivity contribution in [2.45, 2.75) is 26.2 Å². The fourth-order valence-corrected chi connectivity index (χ4v) is 3.02. The van der Waals surface area contributed by atoms with Crippen molar-refractivity contribution in [3.8, 4) is 23.3 Å². The largest absolute Gasteiger partial charge is 0.207 e. The minimum absolute atomic E-state index is 0.0338. The van der Waals surface area contributed by atoms with Crippen LogP contribution in [-0.4, -0.2) is 0 Å². The zero-order chi connectivity index (χ0) is 18.2. The Morgan fingerprint density at radius 1 is 0.920 bits per heavy atom. The van der Waals surface area contributed by atoms with E-state index in [0.29, 0.717) is 16.7 Å². The van der Waals surface area contributed by atoms with Crippen LogP contribution < -0.4 is 0 Å². The van der Waals surface area contributed by atoms with Gasteiger partial charge in [-0.3, -0.25) is 0 Å². The van der Waals surface area contributed by atoms with Crippen LogP contribution in [0.5, 0.6) is 0 Å². The molecule has 0 N–H and O–H groups in total. The molecule has 2 nitrogen and oxygen atoms in total. The van der Waals surface area contributed by atoms with E-state index in [1.165, 1.54) is 12.1 Å². The number of halogens is 1. The number of nitrogens with zero attached hydrogens (tertiary/aromatic N) is 2. The highest BCUT2D eigenvalue weighted by atomic mass is 19.1. The molecule has 0 aromatic heterocycles. The van der Waals surface area contributed by atoms with Crippen LogP contribution in [0.15, 0.2) is 48.5 Å². The number of nitriles is 2. The lowest BCUT2D eigenvalue weighted by atomic mass is 9.83. The van der Waals surface area contributed by atoms with E-state index in [9.17, 15) is 14.9 Å². The molecule has 3 aromatic rings. The molecular formula is C22H17FN2. The van der Waals surface area contributed by atoms with Gasteiger partial charge in [-0.1, -0.05) is 51.1 Å². The van der Waals surface area contributed by atoms with Gasteiger partial charge in [0.05, 0.1) is 11.1 Å². The highest BCUT2D eigenvalue weighted by Crippen LogP contribution is 2.36. The number of hydrogen-bond donors (Lipinski definition) is 0. The average Bonchev–Trinajstić information content (AvgIpc) is 2.58. The van der Waals surface area contributed by atoms with Crippen molar-refractivity contribution in [3.05, 3.63) is 71.0 Å². The van der Waals surface area contributed by atoms with Crippen molar-refractivity contribution in [2.75, 3.05) is 0 Å². The molecule has 0 atom stereocenters. The number of rotatable bonds is 1. The van der Waals surface area contributed by atoms with E-state index in [4.69, 9.17) is 0 Å². The number of benzene rings is 3. The maximum atomic E-state index is 13.7. The van der Waals surface area contributed by atoms with Crippen LogP contribution in [0, 0.1) is 28.5 Å². The third-order valence-corrected chi connectivity index (χ3v) is 4.35. The van der Waals surface area contributed by atoms with E-state index in [-0.39, 0.29) is 16.8 Å². The summed E-state index contributed by atoms with van der Waals surface area (Å²) in [6.45, 7) is 6.36. The van der Waals surface area contributed by atoms with E-state index in [1.54, 1.807) is 18.2 Å². The molecular weight excluding hydrogens is 311 g/mol. The van der Waals surface area contributed by atoms with Crippen molar-refractivity contribution in [1.82, 2.24) is 0 Å². The summed E-state index contributed by atoms with van der Waals surface area (Å²) in [6, 6.07) is 18.1. The molecule has 122 valence electrons. The Kier molecular flexibility index (Phi) is 4.03. The molecule has 0 fully saturated rings. The molecule has 0 unspecified atom stereocenters. The minimum atomic E-state index is -0.372. The van der Waals surface area contributed by atoms with Crippen LogP contribution in [-0.2, 0) is 5.41 Å². The van der Waals surface area contributed by atoms with Gasteiger partial charge in [-0.15, -0.1) is 0 Å².